The minimum atomic E-state index is -0.583. The molecule has 2 heterocycles. The number of methoxy groups -OCH3 is 2. The summed E-state index contributed by atoms with van der Waals surface area (Å²) in [6.07, 6.45) is 7.08. The molecule has 0 unspecified atom stereocenters. The van der Waals surface area contributed by atoms with E-state index in [1.54, 1.807) is 19.1 Å². The Morgan fingerprint density at radius 2 is 1.77 bits per heavy atom. The van der Waals surface area contributed by atoms with Crippen molar-refractivity contribution < 1.29 is 28.5 Å². The fourth-order valence-electron chi connectivity index (χ4n) is 4.69. The smallest absolute Gasteiger partial charge is 0.411 e. The van der Waals surface area contributed by atoms with Crippen molar-refractivity contribution in [2.24, 2.45) is 0 Å². The number of benzene rings is 2. The van der Waals surface area contributed by atoms with E-state index in [4.69, 9.17) is 30.1 Å². The highest BCUT2D eigenvalue weighted by molar-refractivity contribution is 9.09. The molecule has 1 aliphatic rings. The molecule has 8 nitrogen and oxygen atoms in total. The fourth-order valence-corrected chi connectivity index (χ4v) is 5.44. The predicted molar refractivity (Wildman–Crippen MR) is 154 cm³/mol. The summed E-state index contributed by atoms with van der Waals surface area (Å²) in [6, 6.07) is 9.83. The number of carbonyl (C=O) groups is 1. The second-order valence-corrected chi connectivity index (χ2v) is 11.3. The zero-order valence-corrected chi connectivity index (χ0v) is 24.8. The maximum Gasteiger partial charge on any atom is 0.411 e. The third-order valence-electron chi connectivity index (χ3n) is 6.40. The average Bonchev–Trinajstić information content (AvgIpc) is 3.39. The second kappa shape index (κ2) is 11.8. The van der Waals surface area contributed by atoms with Crippen LogP contribution in [0.3, 0.4) is 0 Å². The zero-order chi connectivity index (χ0) is 28.3. The van der Waals surface area contributed by atoms with Gasteiger partial charge in [0.05, 0.1) is 37.8 Å². The molecule has 4 rings (SSSR count). The molecule has 0 bridgehead atoms. The number of rotatable bonds is 10. The van der Waals surface area contributed by atoms with Gasteiger partial charge in [-0.15, -0.1) is 6.42 Å². The van der Waals surface area contributed by atoms with E-state index in [2.05, 4.69) is 26.4 Å². The molecule has 0 radical (unpaired) electrons. The molecular weight excluding hydrogens is 564 g/mol. The van der Waals surface area contributed by atoms with Gasteiger partial charge < -0.3 is 28.3 Å². The molecule has 1 saturated heterocycles. The first kappa shape index (κ1) is 28.7. The normalized spacial score (nSPS) is 16.6. The average molecular weight is 600 g/mol. The molecule has 0 aliphatic carbocycles. The highest BCUT2D eigenvalue weighted by Gasteiger charge is 2.51. The number of carbonyl (C=O) groups excluding carboxylic acids is 1. The van der Waals surface area contributed by atoms with Crippen LogP contribution in [-0.4, -0.2) is 53.0 Å². The van der Waals surface area contributed by atoms with Crippen LogP contribution in [0.1, 0.15) is 37.5 Å². The SMILES string of the molecule is C#CCOCc1cn(C[C@H]2[C@@H](Br)N2C(=O)OC(C)(C)C)c2c(OC)c(C)c(OC)c(OCc3ccccc3)c12. The number of halogens is 1. The third kappa shape index (κ3) is 6.13. The van der Waals surface area contributed by atoms with Crippen molar-refractivity contribution in [1.82, 2.24) is 9.47 Å². The predicted octanol–water partition coefficient (Wildman–Crippen LogP) is 6.04. The number of alkyl halides is 1. The van der Waals surface area contributed by atoms with Gasteiger partial charge in [0.2, 0.25) is 0 Å². The van der Waals surface area contributed by atoms with Crippen molar-refractivity contribution in [2.75, 3.05) is 20.8 Å². The highest BCUT2D eigenvalue weighted by Crippen LogP contribution is 2.49. The Kier molecular flexibility index (Phi) is 8.67. The molecular formula is C30H35BrN2O6. The summed E-state index contributed by atoms with van der Waals surface area (Å²) in [5.41, 5.74) is 2.95. The molecule has 9 heteroatoms. The minimum Gasteiger partial charge on any atom is -0.494 e. The number of nitrogens with zero attached hydrogens (tertiary/aromatic N) is 2. The summed E-state index contributed by atoms with van der Waals surface area (Å²) in [5, 5.41) is 0.817. The van der Waals surface area contributed by atoms with Crippen molar-refractivity contribution >= 4 is 32.9 Å². The summed E-state index contributed by atoms with van der Waals surface area (Å²) in [4.78, 5) is 14.3. The maximum absolute atomic E-state index is 12.8. The first-order valence-electron chi connectivity index (χ1n) is 12.7. The van der Waals surface area contributed by atoms with Crippen LogP contribution in [-0.2, 0) is 29.2 Å². The number of hydrogen-bond donors (Lipinski definition) is 0. The summed E-state index contributed by atoms with van der Waals surface area (Å²) < 4.78 is 31.6. The molecule has 208 valence electrons. The van der Waals surface area contributed by atoms with Crippen LogP contribution in [0.2, 0.25) is 0 Å². The van der Waals surface area contributed by atoms with Crippen molar-refractivity contribution in [3.05, 3.63) is 53.2 Å². The van der Waals surface area contributed by atoms with Crippen molar-refractivity contribution in [1.29, 1.82) is 0 Å². The van der Waals surface area contributed by atoms with Gasteiger partial charge in [-0.3, -0.25) is 4.90 Å². The summed E-state index contributed by atoms with van der Waals surface area (Å²) in [7, 11) is 3.25. The molecule has 0 saturated carbocycles. The van der Waals surface area contributed by atoms with Gasteiger partial charge in [-0.1, -0.05) is 52.2 Å². The van der Waals surface area contributed by atoms with Gasteiger partial charge in [0.1, 0.15) is 29.5 Å². The van der Waals surface area contributed by atoms with Crippen LogP contribution < -0.4 is 14.2 Å². The van der Waals surface area contributed by atoms with Crippen LogP contribution in [0.4, 0.5) is 4.79 Å². The van der Waals surface area contributed by atoms with Gasteiger partial charge >= 0.3 is 6.09 Å². The molecule has 0 spiro atoms. The standard InChI is InChI=1S/C30H35BrN2O6/c1-8-14-37-18-21-15-32(16-22-28(31)33(22)29(34)39-30(3,4)5)24-23(21)27(26(36-7)19(2)25(24)35-6)38-17-20-12-10-9-11-13-20/h1,9-13,15,22,28H,14,16-18H2,2-7H3/t22-,28-,33?/m0/s1. The van der Waals surface area contributed by atoms with E-state index >= 15 is 0 Å². The summed E-state index contributed by atoms with van der Waals surface area (Å²) in [5.74, 6) is 4.37. The molecule has 0 N–H and O–H groups in total. The molecule has 1 amide bonds. The largest absolute Gasteiger partial charge is 0.494 e. The van der Waals surface area contributed by atoms with Gasteiger partial charge in [-0.05, 0) is 33.3 Å². The number of hydrogen-bond acceptors (Lipinski definition) is 6. The Morgan fingerprint density at radius 1 is 1.08 bits per heavy atom. The fraction of sp³-hybridized carbons (Fsp3) is 0.433. The van der Waals surface area contributed by atoms with Crippen LogP contribution in [0.15, 0.2) is 36.5 Å². The van der Waals surface area contributed by atoms with E-state index in [0.29, 0.717) is 30.4 Å². The van der Waals surface area contributed by atoms with E-state index < -0.39 is 5.60 Å². The molecule has 1 aromatic heterocycles. The minimum absolute atomic E-state index is 0.115. The van der Waals surface area contributed by atoms with Gasteiger partial charge in [0.15, 0.2) is 11.5 Å². The van der Waals surface area contributed by atoms with Crippen molar-refractivity contribution in [3.63, 3.8) is 0 Å². The third-order valence-corrected chi connectivity index (χ3v) is 7.45. The zero-order valence-electron chi connectivity index (χ0n) is 23.2. The van der Waals surface area contributed by atoms with Gasteiger partial charge in [0.25, 0.3) is 0 Å². The molecule has 2 aromatic carbocycles. The number of terminal acetylenes is 1. The Labute approximate surface area is 238 Å². The number of aromatic nitrogens is 1. The van der Waals surface area contributed by atoms with Crippen LogP contribution in [0.5, 0.6) is 17.2 Å². The molecule has 1 aliphatic heterocycles. The van der Waals surface area contributed by atoms with E-state index in [-0.39, 0.29) is 30.3 Å². The Balaban J connectivity index is 1.79. The number of ether oxygens (including phenoxy) is 5. The van der Waals surface area contributed by atoms with Crippen LogP contribution in [0.25, 0.3) is 10.9 Å². The lowest BCUT2D eigenvalue weighted by atomic mass is 10.1. The number of fused-ring (bicyclic) bond motifs is 1. The lowest BCUT2D eigenvalue weighted by molar-refractivity contribution is 0.0401. The van der Waals surface area contributed by atoms with Crippen molar-refractivity contribution in [2.45, 2.75) is 64.0 Å². The topological polar surface area (TPSA) is 71.2 Å². The molecule has 2 atom stereocenters. The monoisotopic (exact) mass is 598 g/mol. The van der Waals surface area contributed by atoms with Gasteiger partial charge in [0, 0.05) is 23.9 Å². The Hall–Kier alpha value is -3.35. The first-order valence-corrected chi connectivity index (χ1v) is 13.6. The Morgan fingerprint density at radius 3 is 2.38 bits per heavy atom. The summed E-state index contributed by atoms with van der Waals surface area (Å²) in [6.45, 7) is 8.80. The molecule has 1 fully saturated rings. The maximum atomic E-state index is 12.8. The molecule has 39 heavy (non-hydrogen) atoms. The highest BCUT2D eigenvalue weighted by atomic mass is 79.9. The van der Waals surface area contributed by atoms with E-state index in [9.17, 15) is 4.79 Å². The summed E-state index contributed by atoms with van der Waals surface area (Å²) >= 11 is 3.63. The number of amides is 1. The van der Waals surface area contributed by atoms with E-state index in [1.165, 1.54) is 0 Å². The van der Waals surface area contributed by atoms with E-state index in [0.717, 1.165) is 27.6 Å². The van der Waals surface area contributed by atoms with E-state index in [1.807, 2.05) is 64.2 Å². The first-order chi connectivity index (χ1) is 18.6. The Bertz CT molecular complexity index is 1370. The van der Waals surface area contributed by atoms with Gasteiger partial charge in [-0.2, -0.15) is 0 Å². The molecule has 3 aromatic rings. The van der Waals surface area contributed by atoms with Crippen LogP contribution >= 0.6 is 15.9 Å². The van der Waals surface area contributed by atoms with Crippen LogP contribution in [0, 0.1) is 19.3 Å². The lowest BCUT2D eigenvalue weighted by Crippen LogP contribution is -2.28. The quantitative estimate of drug-likeness (QED) is 0.0932. The second-order valence-electron chi connectivity index (χ2n) is 10.3. The van der Waals surface area contributed by atoms with Crippen molar-refractivity contribution in [3.8, 4) is 29.6 Å². The lowest BCUT2D eigenvalue weighted by Gasteiger charge is -2.20. The van der Waals surface area contributed by atoms with Gasteiger partial charge in [-0.25, -0.2) is 4.79 Å².